The second kappa shape index (κ2) is 19.6. The number of aromatic carboxylic acids is 2. The smallest absolute Gasteiger partial charge is 0.478 e. The maximum absolute atomic E-state index is 13.4. The van der Waals surface area contributed by atoms with Crippen molar-refractivity contribution >= 4 is 43.4 Å². The molecule has 0 spiro atoms. The van der Waals surface area contributed by atoms with Gasteiger partial charge in [-0.05, 0) is 133 Å². The summed E-state index contributed by atoms with van der Waals surface area (Å²) in [6, 6.07) is 34.7. The zero-order valence-electron chi connectivity index (χ0n) is 32.2. The van der Waals surface area contributed by atoms with Gasteiger partial charge >= 0.3 is 18.3 Å². The summed E-state index contributed by atoms with van der Waals surface area (Å²) in [4.78, 5) is 21.0. The average molecular weight is 879 g/mol. The van der Waals surface area contributed by atoms with Gasteiger partial charge in [-0.1, -0.05) is 66.7 Å². The first-order chi connectivity index (χ1) is 28.8. The minimum Gasteiger partial charge on any atom is -0.478 e. The molecule has 6 rings (SSSR count). The molecule has 0 radical (unpaired) electrons. The van der Waals surface area contributed by atoms with Crippen LogP contribution in [0.25, 0.3) is 0 Å². The van der Waals surface area contributed by atoms with E-state index in [2.05, 4.69) is 14.2 Å². The summed E-state index contributed by atoms with van der Waals surface area (Å²) in [6.07, 6.45) is -2.30. The van der Waals surface area contributed by atoms with E-state index in [-0.39, 0.29) is 21.7 Å². The fourth-order valence-electron chi connectivity index (χ4n) is 5.85. The molecule has 318 valence electrons. The Morgan fingerprint density at radius 3 is 1.33 bits per heavy atom. The molecule has 6 aromatic rings. The first-order valence-electron chi connectivity index (χ1n) is 18.3. The van der Waals surface area contributed by atoms with E-state index in [4.69, 9.17) is 10.2 Å². The van der Waals surface area contributed by atoms with Crippen LogP contribution >= 0.6 is 0 Å². The number of anilines is 2. The number of halogens is 4. The lowest BCUT2D eigenvalue weighted by atomic mass is 10.0. The molecular formula is C44H38F4N2O9S2. The number of nitrogens with one attached hydrogen (secondary N) is 2. The molecule has 0 amide bonds. The Bertz CT molecular complexity index is 2690. The van der Waals surface area contributed by atoms with Crippen LogP contribution in [0.5, 0.6) is 5.75 Å². The topological polar surface area (TPSA) is 176 Å². The maximum atomic E-state index is 13.4. The number of carbonyl (C=O) groups is 2. The molecule has 0 bridgehead atoms. The highest BCUT2D eigenvalue weighted by Gasteiger charge is 2.34. The summed E-state index contributed by atoms with van der Waals surface area (Å²) in [5.74, 6) is -3.38. The first-order valence-corrected chi connectivity index (χ1v) is 21.2. The molecule has 0 aliphatic heterocycles. The van der Waals surface area contributed by atoms with E-state index >= 15 is 0 Å². The van der Waals surface area contributed by atoms with Gasteiger partial charge in [0.05, 0.1) is 16.0 Å². The zero-order valence-corrected chi connectivity index (χ0v) is 33.8. The lowest BCUT2D eigenvalue weighted by Gasteiger charge is -2.14. The average Bonchev–Trinajstić information content (AvgIpc) is 3.21. The maximum Gasteiger partial charge on any atom is 0.573 e. The number of benzene rings is 6. The van der Waals surface area contributed by atoms with Crippen molar-refractivity contribution in [2.75, 3.05) is 9.44 Å². The van der Waals surface area contributed by atoms with Gasteiger partial charge in [-0.3, -0.25) is 9.44 Å². The van der Waals surface area contributed by atoms with Crippen LogP contribution in [0.1, 0.15) is 48.5 Å². The lowest BCUT2D eigenvalue weighted by molar-refractivity contribution is -0.275. The predicted octanol–water partition coefficient (Wildman–Crippen LogP) is 9.29. The Hall–Kier alpha value is -6.72. The van der Waals surface area contributed by atoms with Crippen LogP contribution in [0.3, 0.4) is 0 Å². The van der Waals surface area contributed by atoms with Crippen molar-refractivity contribution in [3.05, 3.63) is 184 Å². The number of ether oxygens (including phenoxy) is 1. The highest BCUT2D eigenvalue weighted by molar-refractivity contribution is 7.93. The van der Waals surface area contributed by atoms with E-state index in [1.54, 1.807) is 67.6 Å². The van der Waals surface area contributed by atoms with Crippen LogP contribution < -0.4 is 14.2 Å². The minimum atomic E-state index is -5.03. The number of alkyl halides is 3. The first kappa shape index (κ1) is 45.4. The Kier molecular flexibility index (Phi) is 14.5. The standard InChI is InChI=1S/C22H18F3NO5S.C22H20FNO4S/c23-22(24,25)31-19-3-1-2-4-20(19)32(29,30)26-18-13-9-16(10-14-18)6-5-15-7-11-17(12-8-15)21(27)28;1-15-2-11-19(23)14-21(15)29(27,28)24-20-12-7-17(8-13-20)4-3-16-5-9-18(10-6-16)22(25)26/h1-4,7-14,26H,5-6H2,(H,27,28);2,5-14,24H,3-4H2,1H3,(H,25,26). The van der Waals surface area contributed by atoms with Gasteiger partial charge in [-0.25, -0.2) is 30.8 Å². The number of rotatable bonds is 15. The summed E-state index contributed by atoms with van der Waals surface area (Å²) < 4.78 is 110. The quantitative estimate of drug-likeness (QED) is 0.0733. The van der Waals surface area contributed by atoms with Gasteiger partial charge in [0.15, 0.2) is 0 Å². The molecule has 0 atom stereocenters. The van der Waals surface area contributed by atoms with Crippen molar-refractivity contribution < 1.29 is 58.9 Å². The third-order valence-electron chi connectivity index (χ3n) is 9.02. The molecule has 0 heterocycles. The molecule has 17 heteroatoms. The van der Waals surface area contributed by atoms with Gasteiger partial charge in [-0.15, -0.1) is 13.2 Å². The van der Waals surface area contributed by atoms with Crippen LogP contribution in [0.2, 0.25) is 0 Å². The number of sulfonamides is 2. The summed E-state index contributed by atoms with van der Waals surface area (Å²) in [5.41, 5.74) is 5.36. The van der Waals surface area contributed by atoms with Gasteiger partial charge in [0, 0.05) is 11.4 Å². The van der Waals surface area contributed by atoms with E-state index < -0.39 is 54.8 Å². The summed E-state index contributed by atoms with van der Waals surface area (Å²) in [6.45, 7) is 1.61. The molecule has 61 heavy (non-hydrogen) atoms. The third-order valence-corrected chi connectivity index (χ3v) is 12.0. The summed E-state index contributed by atoms with van der Waals surface area (Å²) in [7, 11) is -8.20. The molecule has 6 aromatic carbocycles. The van der Waals surface area contributed by atoms with Gasteiger partial charge in [0.1, 0.15) is 16.5 Å². The Labute approximate surface area is 349 Å². The van der Waals surface area contributed by atoms with E-state index in [9.17, 15) is 44.0 Å². The molecule has 0 aliphatic rings. The number of para-hydroxylation sites is 1. The highest BCUT2D eigenvalue weighted by Crippen LogP contribution is 2.31. The molecule has 11 nitrogen and oxygen atoms in total. The number of hydrogen-bond donors (Lipinski definition) is 4. The summed E-state index contributed by atoms with van der Waals surface area (Å²) >= 11 is 0. The second-order valence-electron chi connectivity index (χ2n) is 13.5. The van der Waals surface area contributed by atoms with Crippen molar-refractivity contribution in [1.29, 1.82) is 0 Å². The van der Waals surface area contributed by atoms with Crippen molar-refractivity contribution in [1.82, 2.24) is 0 Å². The fourth-order valence-corrected chi connectivity index (χ4v) is 8.35. The Morgan fingerprint density at radius 1 is 0.557 bits per heavy atom. The van der Waals surface area contributed by atoms with Gasteiger partial charge in [0.2, 0.25) is 0 Å². The monoisotopic (exact) mass is 878 g/mol. The molecule has 0 fully saturated rings. The molecule has 0 saturated heterocycles. The van der Waals surface area contributed by atoms with Crippen LogP contribution in [-0.4, -0.2) is 45.3 Å². The predicted molar refractivity (Wildman–Crippen MR) is 220 cm³/mol. The van der Waals surface area contributed by atoms with Gasteiger partial charge in [-0.2, -0.15) is 0 Å². The lowest BCUT2D eigenvalue weighted by Crippen LogP contribution is -2.20. The van der Waals surface area contributed by atoms with E-state index in [1.165, 1.54) is 48.5 Å². The largest absolute Gasteiger partial charge is 0.573 e. The van der Waals surface area contributed by atoms with Crippen molar-refractivity contribution in [3.63, 3.8) is 0 Å². The highest BCUT2D eigenvalue weighted by atomic mass is 32.2. The van der Waals surface area contributed by atoms with E-state index in [0.29, 0.717) is 24.1 Å². The normalized spacial score (nSPS) is 11.5. The van der Waals surface area contributed by atoms with Crippen LogP contribution in [-0.2, 0) is 45.7 Å². The minimum absolute atomic E-state index is 0.0913. The van der Waals surface area contributed by atoms with Crippen molar-refractivity contribution in [2.45, 2.75) is 48.8 Å². The van der Waals surface area contributed by atoms with Crippen LogP contribution in [0.15, 0.2) is 149 Å². The SMILES string of the molecule is Cc1ccc(F)cc1S(=O)(=O)Nc1ccc(CCc2ccc(C(=O)O)cc2)cc1.O=C(O)c1ccc(CCc2ccc(NS(=O)(=O)c3ccccc3OC(F)(F)F)cc2)cc1. The second-order valence-corrected chi connectivity index (χ2v) is 16.8. The number of carboxylic acids is 2. The molecule has 0 saturated carbocycles. The molecule has 0 aliphatic carbocycles. The van der Waals surface area contributed by atoms with Gasteiger partial charge < -0.3 is 14.9 Å². The summed E-state index contributed by atoms with van der Waals surface area (Å²) in [5, 5.41) is 17.8. The molecule has 4 N–H and O–H groups in total. The number of hydrogen-bond acceptors (Lipinski definition) is 7. The Morgan fingerprint density at radius 2 is 0.934 bits per heavy atom. The fraction of sp³-hybridized carbons (Fsp3) is 0.136. The third kappa shape index (κ3) is 13.4. The van der Waals surface area contributed by atoms with E-state index in [1.807, 2.05) is 12.1 Å². The van der Waals surface area contributed by atoms with Crippen molar-refractivity contribution in [2.24, 2.45) is 0 Å². The molecule has 0 aromatic heterocycles. The number of carboxylic acid groups (broad SMARTS) is 2. The van der Waals surface area contributed by atoms with Crippen molar-refractivity contribution in [3.8, 4) is 5.75 Å². The van der Waals surface area contributed by atoms with Gasteiger partial charge in [0.25, 0.3) is 20.0 Å². The van der Waals surface area contributed by atoms with Crippen LogP contribution in [0, 0.1) is 12.7 Å². The number of aryl methyl sites for hydroxylation is 5. The Balaban J connectivity index is 0.000000232. The molecular weight excluding hydrogens is 841 g/mol. The van der Waals surface area contributed by atoms with E-state index in [0.717, 1.165) is 53.3 Å². The van der Waals surface area contributed by atoms with Crippen LogP contribution in [0.4, 0.5) is 28.9 Å². The zero-order chi connectivity index (χ0) is 44.4. The molecule has 0 unspecified atom stereocenters.